The largest absolute Gasteiger partial charge is 0.496 e. The number of rotatable bonds is 5. The number of benzene rings is 1. The Morgan fingerprint density at radius 3 is 2.70 bits per heavy atom. The highest BCUT2D eigenvalue weighted by Crippen LogP contribution is 2.36. The lowest BCUT2D eigenvalue weighted by Crippen LogP contribution is -2.42. The second-order valence-electron chi connectivity index (χ2n) is 5.44. The summed E-state index contributed by atoms with van der Waals surface area (Å²) in [7, 11) is 1.62. The van der Waals surface area contributed by atoms with Gasteiger partial charge in [0.1, 0.15) is 11.5 Å². The molecule has 0 spiro atoms. The lowest BCUT2D eigenvalue weighted by atomic mass is 9.71. The molecule has 1 aliphatic rings. The molecule has 1 aromatic rings. The molecular weight excluding hydrogens is 274 g/mol. The number of ether oxygens (including phenoxy) is 1. The number of piperidine rings is 1. The van der Waals surface area contributed by atoms with Crippen molar-refractivity contribution in [3.8, 4) is 5.75 Å². The maximum Gasteiger partial charge on any atom is 0.143 e. The predicted molar refractivity (Wildman–Crippen MR) is 81.5 cm³/mol. The van der Waals surface area contributed by atoms with Crippen LogP contribution in [0.1, 0.15) is 31.7 Å². The quantitative estimate of drug-likeness (QED) is 0.906. The molecule has 0 saturated carbocycles. The summed E-state index contributed by atoms with van der Waals surface area (Å²) in [5, 5.41) is 3.97. The number of ketones is 1. The van der Waals surface area contributed by atoms with E-state index in [1.165, 1.54) is 0 Å². The Hall–Kier alpha value is -1.06. The molecule has 1 aromatic carbocycles. The standard InChI is InChI=1S/C16H22ClNO2/c1-3-16(6-8-18-9-7-16)15(19)11-12-10-13(17)4-5-14(12)20-2/h4-5,10,18H,3,6-9,11H2,1-2H3. The van der Waals surface area contributed by atoms with Gasteiger partial charge in [0, 0.05) is 22.4 Å². The van der Waals surface area contributed by atoms with Crippen molar-refractivity contribution in [1.82, 2.24) is 5.32 Å². The number of hydrogen-bond donors (Lipinski definition) is 1. The number of Topliss-reactive ketones (excluding diaryl/α,β-unsaturated/α-hetero) is 1. The van der Waals surface area contributed by atoms with Gasteiger partial charge in [-0.1, -0.05) is 18.5 Å². The fourth-order valence-corrected chi connectivity index (χ4v) is 3.18. The molecule has 1 saturated heterocycles. The summed E-state index contributed by atoms with van der Waals surface area (Å²) >= 11 is 6.03. The highest BCUT2D eigenvalue weighted by Gasteiger charge is 2.37. The Labute approximate surface area is 125 Å². The molecule has 20 heavy (non-hydrogen) atoms. The van der Waals surface area contributed by atoms with Crippen molar-refractivity contribution < 1.29 is 9.53 Å². The van der Waals surface area contributed by atoms with Crippen LogP contribution in [0.25, 0.3) is 0 Å². The van der Waals surface area contributed by atoms with Crippen molar-refractivity contribution in [3.63, 3.8) is 0 Å². The molecule has 110 valence electrons. The Morgan fingerprint density at radius 1 is 1.40 bits per heavy atom. The summed E-state index contributed by atoms with van der Waals surface area (Å²) in [5.41, 5.74) is 0.704. The third-order valence-corrected chi connectivity index (χ3v) is 4.66. The molecule has 0 radical (unpaired) electrons. The molecule has 1 aliphatic heterocycles. The van der Waals surface area contributed by atoms with Crippen molar-refractivity contribution in [2.24, 2.45) is 5.41 Å². The van der Waals surface area contributed by atoms with E-state index in [2.05, 4.69) is 12.2 Å². The Morgan fingerprint density at radius 2 is 2.10 bits per heavy atom. The van der Waals surface area contributed by atoms with Crippen molar-refractivity contribution in [3.05, 3.63) is 28.8 Å². The summed E-state index contributed by atoms with van der Waals surface area (Å²) in [6.45, 7) is 3.96. The Kier molecular flexibility index (Phi) is 5.06. The van der Waals surface area contributed by atoms with E-state index in [0.29, 0.717) is 17.2 Å². The van der Waals surface area contributed by atoms with Crippen LogP contribution in [0.3, 0.4) is 0 Å². The van der Waals surface area contributed by atoms with E-state index >= 15 is 0 Å². The minimum atomic E-state index is -0.182. The molecule has 4 heteroatoms. The number of nitrogens with one attached hydrogen (secondary N) is 1. The normalized spacial score (nSPS) is 17.8. The van der Waals surface area contributed by atoms with Crippen LogP contribution in [0.2, 0.25) is 5.02 Å². The van der Waals surface area contributed by atoms with Crippen molar-refractivity contribution >= 4 is 17.4 Å². The van der Waals surface area contributed by atoms with Crippen LogP contribution in [-0.2, 0) is 11.2 Å². The van der Waals surface area contributed by atoms with Gasteiger partial charge >= 0.3 is 0 Å². The zero-order valence-electron chi connectivity index (χ0n) is 12.2. The molecule has 0 amide bonds. The molecule has 0 aliphatic carbocycles. The topological polar surface area (TPSA) is 38.3 Å². The monoisotopic (exact) mass is 295 g/mol. The van der Waals surface area contributed by atoms with Gasteiger partial charge in [-0.3, -0.25) is 4.79 Å². The molecule has 0 bridgehead atoms. The van der Waals surface area contributed by atoms with Crippen LogP contribution < -0.4 is 10.1 Å². The summed E-state index contributed by atoms with van der Waals surface area (Å²) in [4.78, 5) is 12.8. The zero-order chi connectivity index (χ0) is 14.6. The average Bonchev–Trinajstić information content (AvgIpc) is 2.48. The fourth-order valence-electron chi connectivity index (χ4n) is 2.98. The molecule has 3 nitrogen and oxygen atoms in total. The molecule has 1 N–H and O–H groups in total. The number of carbonyl (C=O) groups excluding carboxylic acids is 1. The molecule has 2 rings (SSSR count). The van der Waals surface area contributed by atoms with E-state index in [-0.39, 0.29) is 5.41 Å². The van der Waals surface area contributed by atoms with E-state index < -0.39 is 0 Å². The lowest BCUT2D eigenvalue weighted by molar-refractivity contribution is -0.129. The van der Waals surface area contributed by atoms with E-state index in [0.717, 1.165) is 43.7 Å². The predicted octanol–water partition coefficient (Wildman–Crippen LogP) is 3.24. The Bertz CT molecular complexity index is 481. The number of methoxy groups -OCH3 is 1. The van der Waals surface area contributed by atoms with E-state index in [1.807, 2.05) is 12.1 Å². The van der Waals surface area contributed by atoms with E-state index in [1.54, 1.807) is 13.2 Å². The van der Waals surface area contributed by atoms with Gasteiger partial charge in [0.15, 0.2) is 0 Å². The second kappa shape index (κ2) is 6.59. The number of halogens is 1. The van der Waals surface area contributed by atoms with Crippen LogP contribution >= 0.6 is 11.6 Å². The number of carbonyl (C=O) groups is 1. The maximum absolute atomic E-state index is 12.8. The zero-order valence-corrected chi connectivity index (χ0v) is 12.9. The van der Waals surface area contributed by atoms with Crippen molar-refractivity contribution in [2.75, 3.05) is 20.2 Å². The third kappa shape index (κ3) is 3.15. The van der Waals surface area contributed by atoms with Crippen LogP contribution in [0.4, 0.5) is 0 Å². The SMILES string of the molecule is CCC1(C(=O)Cc2cc(Cl)ccc2OC)CCNCC1. The third-order valence-electron chi connectivity index (χ3n) is 4.42. The smallest absolute Gasteiger partial charge is 0.143 e. The summed E-state index contributed by atoms with van der Waals surface area (Å²) in [5.74, 6) is 1.05. The minimum absolute atomic E-state index is 0.182. The fraction of sp³-hybridized carbons (Fsp3) is 0.562. The first-order chi connectivity index (χ1) is 9.61. The summed E-state index contributed by atoms with van der Waals surface area (Å²) < 4.78 is 5.33. The van der Waals surface area contributed by atoms with Gasteiger partial charge in [0.05, 0.1) is 7.11 Å². The van der Waals surface area contributed by atoms with Gasteiger partial charge in [-0.15, -0.1) is 0 Å². The van der Waals surface area contributed by atoms with Crippen LogP contribution in [-0.4, -0.2) is 26.0 Å². The van der Waals surface area contributed by atoms with Crippen LogP contribution in [0, 0.1) is 5.41 Å². The van der Waals surface area contributed by atoms with Gasteiger partial charge in [0.2, 0.25) is 0 Å². The van der Waals surface area contributed by atoms with E-state index in [4.69, 9.17) is 16.3 Å². The van der Waals surface area contributed by atoms with Gasteiger partial charge in [0.25, 0.3) is 0 Å². The molecule has 0 atom stereocenters. The Balaban J connectivity index is 2.20. The van der Waals surface area contributed by atoms with Crippen LogP contribution in [0.5, 0.6) is 5.75 Å². The molecule has 0 unspecified atom stereocenters. The van der Waals surface area contributed by atoms with Crippen molar-refractivity contribution in [2.45, 2.75) is 32.6 Å². The van der Waals surface area contributed by atoms with Gasteiger partial charge < -0.3 is 10.1 Å². The molecule has 1 heterocycles. The van der Waals surface area contributed by atoms with Gasteiger partial charge in [-0.25, -0.2) is 0 Å². The maximum atomic E-state index is 12.8. The summed E-state index contributed by atoms with van der Waals surface area (Å²) in [6.07, 6.45) is 3.14. The average molecular weight is 296 g/mol. The molecule has 1 fully saturated rings. The minimum Gasteiger partial charge on any atom is -0.496 e. The van der Waals surface area contributed by atoms with E-state index in [9.17, 15) is 4.79 Å². The number of hydrogen-bond acceptors (Lipinski definition) is 3. The van der Waals surface area contributed by atoms with Crippen LogP contribution in [0.15, 0.2) is 18.2 Å². The first kappa shape index (κ1) is 15.3. The summed E-state index contributed by atoms with van der Waals surface area (Å²) in [6, 6.07) is 5.45. The molecule has 0 aromatic heterocycles. The van der Waals surface area contributed by atoms with Crippen molar-refractivity contribution in [1.29, 1.82) is 0 Å². The second-order valence-corrected chi connectivity index (χ2v) is 5.88. The van der Waals surface area contributed by atoms with Gasteiger partial charge in [-0.05, 0) is 50.6 Å². The van der Waals surface area contributed by atoms with Gasteiger partial charge in [-0.2, -0.15) is 0 Å². The first-order valence-electron chi connectivity index (χ1n) is 7.18. The highest BCUT2D eigenvalue weighted by molar-refractivity contribution is 6.30. The highest BCUT2D eigenvalue weighted by atomic mass is 35.5. The molecular formula is C16H22ClNO2. The first-order valence-corrected chi connectivity index (χ1v) is 7.55. The lowest BCUT2D eigenvalue weighted by Gasteiger charge is -2.35.